The first kappa shape index (κ1) is 17.5. The zero-order chi connectivity index (χ0) is 19.0. The molecule has 0 saturated carbocycles. The minimum Gasteiger partial charge on any atom is -0.337 e. The fourth-order valence-corrected chi connectivity index (χ4v) is 3.68. The molecule has 1 aliphatic rings. The van der Waals surface area contributed by atoms with Crippen LogP contribution in [0.1, 0.15) is 46.1 Å². The van der Waals surface area contributed by atoms with Crippen molar-refractivity contribution in [2.45, 2.75) is 39.7 Å². The molecule has 0 aliphatic carbocycles. The summed E-state index contributed by atoms with van der Waals surface area (Å²) in [6.07, 6.45) is 7.31. The maximum atomic E-state index is 12.8. The van der Waals surface area contributed by atoms with Crippen molar-refractivity contribution in [2.75, 3.05) is 13.1 Å². The summed E-state index contributed by atoms with van der Waals surface area (Å²) in [5, 5.41) is 13.1. The monoisotopic (exact) mass is 364 g/mol. The number of nitrogens with zero attached hydrogens (tertiary/aromatic N) is 6. The van der Waals surface area contributed by atoms with Gasteiger partial charge >= 0.3 is 0 Å². The molecular weight excluding hydrogens is 340 g/mol. The Balaban J connectivity index is 1.44. The predicted molar refractivity (Wildman–Crippen MR) is 102 cm³/mol. The number of aromatic nitrogens is 5. The maximum absolute atomic E-state index is 12.8. The molecule has 3 heterocycles. The van der Waals surface area contributed by atoms with Gasteiger partial charge in [-0.05, 0) is 62.4 Å². The highest BCUT2D eigenvalue weighted by molar-refractivity contribution is 5.92. The molecule has 1 aromatic carbocycles. The van der Waals surface area contributed by atoms with Crippen LogP contribution in [0.3, 0.4) is 0 Å². The lowest BCUT2D eigenvalue weighted by molar-refractivity contribution is 0.0683. The van der Waals surface area contributed by atoms with Crippen molar-refractivity contribution < 1.29 is 4.79 Å². The van der Waals surface area contributed by atoms with Crippen molar-refractivity contribution in [2.24, 2.45) is 0 Å². The average molecular weight is 364 g/mol. The molecule has 140 valence electrons. The van der Waals surface area contributed by atoms with E-state index in [-0.39, 0.29) is 5.91 Å². The van der Waals surface area contributed by atoms with Crippen LogP contribution < -0.4 is 0 Å². The third kappa shape index (κ3) is 3.63. The molecule has 1 aliphatic heterocycles. The maximum Gasteiger partial charge on any atom is 0.276 e. The Morgan fingerprint density at radius 3 is 2.30 bits per heavy atom. The van der Waals surface area contributed by atoms with Gasteiger partial charge in [0.15, 0.2) is 5.69 Å². The highest BCUT2D eigenvalue weighted by atomic mass is 16.2. The zero-order valence-electron chi connectivity index (χ0n) is 16.0. The molecule has 1 amide bonds. The van der Waals surface area contributed by atoms with Gasteiger partial charge in [-0.1, -0.05) is 6.07 Å². The Kier molecular flexibility index (Phi) is 4.51. The number of benzene rings is 1. The van der Waals surface area contributed by atoms with Gasteiger partial charge in [0.1, 0.15) is 0 Å². The number of hydrogen-bond donors (Lipinski definition) is 0. The second kappa shape index (κ2) is 6.98. The van der Waals surface area contributed by atoms with Gasteiger partial charge in [0.05, 0.1) is 24.1 Å². The Hall–Kier alpha value is -2.96. The van der Waals surface area contributed by atoms with Crippen LogP contribution in [-0.2, 0) is 0 Å². The molecule has 2 aromatic heterocycles. The second-order valence-corrected chi connectivity index (χ2v) is 7.39. The summed E-state index contributed by atoms with van der Waals surface area (Å²) in [6.45, 7) is 7.54. The average Bonchev–Trinajstić information content (AvgIpc) is 3.30. The topological polar surface area (TPSA) is 68.8 Å². The van der Waals surface area contributed by atoms with Crippen LogP contribution in [0.25, 0.3) is 5.69 Å². The van der Waals surface area contributed by atoms with E-state index in [1.54, 1.807) is 6.20 Å². The fourth-order valence-electron chi connectivity index (χ4n) is 3.68. The first-order valence-corrected chi connectivity index (χ1v) is 9.30. The lowest BCUT2D eigenvalue weighted by Crippen LogP contribution is -2.39. The first-order valence-electron chi connectivity index (χ1n) is 9.30. The van der Waals surface area contributed by atoms with Crippen LogP contribution in [-0.4, -0.2) is 48.7 Å². The zero-order valence-corrected chi connectivity index (χ0v) is 16.0. The molecule has 0 unspecified atom stereocenters. The molecule has 0 spiro atoms. The number of likely N-dealkylation sites (tertiary alicyclic amines) is 1. The van der Waals surface area contributed by atoms with E-state index in [0.29, 0.717) is 24.8 Å². The molecule has 7 nitrogen and oxygen atoms in total. The van der Waals surface area contributed by atoms with Crippen molar-refractivity contribution in [3.8, 4) is 5.69 Å². The van der Waals surface area contributed by atoms with Crippen LogP contribution in [0.4, 0.5) is 0 Å². The summed E-state index contributed by atoms with van der Waals surface area (Å²) in [6, 6.07) is 6.48. The summed E-state index contributed by atoms with van der Waals surface area (Å²) >= 11 is 0. The van der Waals surface area contributed by atoms with Crippen molar-refractivity contribution in [3.05, 3.63) is 59.2 Å². The number of hydrogen-bond acceptors (Lipinski definition) is 4. The molecule has 1 saturated heterocycles. The third-order valence-electron chi connectivity index (χ3n) is 5.00. The van der Waals surface area contributed by atoms with Crippen molar-refractivity contribution in [1.29, 1.82) is 0 Å². The van der Waals surface area contributed by atoms with E-state index >= 15 is 0 Å². The molecular formula is C20H24N6O. The summed E-state index contributed by atoms with van der Waals surface area (Å²) in [7, 11) is 0. The van der Waals surface area contributed by atoms with Gasteiger partial charge in [-0.2, -0.15) is 15.0 Å². The number of rotatable bonds is 3. The lowest BCUT2D eigenvalue weighted by atomic mass is 10.1. The Morgan fingerprint density at radius 1 is 0.963 bits per heavy atom. The summed E-state index contributed by atoms with van der Waals surface area (Å²) in [5.74, 6) is -0.0549. The number of carbonyl (C=O) groups is 1. The van der Waals surface area contributed by atoms with Gasteiger partial charge in [-0.15, -0.1) is 5.10 Å². The van der Waals surface area contributed by atoms with Crippen molar-refractivity contribution in [1.82, 2.24) is 29.7 Å². The van der Waals surface area contributed by atoms with Crippen LogP contribution >= 0.6 is 0 Å². The summed E-state index contributed by atoms with van der Waals surface area (Å²) in [4.78, 5) is 16.2. The van der Waals surface area contributed by atoms with Gasteiger partial charge in [0, 0.05) is 19.3 Å². The smallest absolute Gasteiger partial charge is 0.276 e. The Bertz CT molecular complexity index is 944. The van der Waals surface area contributed by atoms with Gasteiger partial charge in [0.2, 0.25) is 0 Å². The minimum absolute atomic E-state index is 0.0549. The van der Waals surface area contributed by atoms with E-state index in [4.69, 9.17) is 0 Å². The third-order valence-corrected chi connectivity index (χ3v) is 5.00. The highest BCUT2D eigenvalue weighted by Gasteiger charge is 2.26. The number of piperidine rings is 1. The van der Waals surface area contributed by atoms with Crippen LogP contribution in [0.5, 0.6) is 0 Å². The lowest BCUT2D eigenvalue weighted by Gasteiger charge is -2.31. The van der Waals surface area contributed by atoms with Gasteiger partial charge in [0.25, 0.3) is 5.91 Å². The van der Waals surface area contributed by atoms with E-state index in [0.717, 1.165) is 35.2 Å². The van der Waals surface area contributed by atoms with Gasteiger partial charge in [-0.25, -0.2) is 0 Å². The summed E-state index contributed by atoms with van der Waals surface area (Å²) in [5.41, 5.74) is 4.72. The van der Waals surface area contributed by atoms with Crippen LogP contribution in [0.2, 0.25) is 0 Å². The molecule has 7 heteroatoms. The Labute approximate surface area is 158 Å². The van der Waals surface area contributed by atoms with Crippen LogP contribution in [0, 0.1) is 20.8 Å². The summed E-state index contributed by atoms with van der Waals surface area (Å²) < 4.78 is 2.02. The molecule has 0 atom stereocenters. The molecule has 0 radical (unpaired) electrons. The first-order chi connectivity index (χ1) is 13.0. The number of amides is 1. The fraction of sp³-hybridized carbons (Fsp3) is 0.400. The standard InChI is InChI=1S/C20H24N6O/c1-14-8-15(2)10-18(9-14)26-22-12-19(23-26)20(27)24-6-4-17(5-7-24)25-13-16(3)11-21-25/h8-13,17H,4-7H2,1-3H3. The van der Waals surface area contributed by atoms with Crippen LogP contribution in [0.15, 0.2) is 36.8 Å². The van der Waals surface area contributed by atoms with Crippen molar-refractivity contribution >= 4 is 5.91 Å². The molecule has 0 N–H and O–H groups in total. The second-order valence-electron chi connectivity index (χ2n) is 7.39. The normalized spacial score (nSPS) is 15.3. The highest BCUT2D eigenvalue weighted by Crippen LogP contribution is 2.23. The SMILES string of the molecule is Cc1cc(C)cc(-n2ncc(C(=O)N3CCC(n4cc(C)cn4)CC3)n2)c1. The minimum atomic E-state index is -0.0549. The van der Waals surface area contributed by atoms with Gasteiger partial charge < -0.3 is 4.90 Å². The predicted octanol–water partition coefficient (Wildman–Crippen LogP) is 2.87. The van der Waals surface area contributed by atoms with E-state index in [9.17, 15) is 4.79 Å². The number of carbonyl (C=O) groups excluding carboxylic acids is 1. The quantitative estimate of drug-likeness (QED) is 0.717. The van der Waals surface area contributed by atoms with E-state index < -0.39 is 0 Å². The largest absolute Gasteiger partial charge is 0.337 e. The number of aryl methyl sites for hydroxylation is 3. The molecule has 3 aromatic rings. The molecule has 1 fully saturated rings. The van der Waals surface area contributed by atoms with E-state index in [1.165, 1.54) is 4.80 Å². The van der Waals surface area contributed by atoms with E-state index in [2.05, 4.69) is 27.6 Å². The molecule has 27 heavy (non-hydrogen) atoms. The Morgan fingerprint density at radius 2 is 1.67 bits per heavy atom. The van der Waals surface area contributed by atoms with Gasteiger partial charge in [-0.3, -0.25) is 9.48 Å². The van der Waals surface area contributed by atoms with Crippen molar-refractivity contribution in [3.63, 3.8) is 0 Å². The molecule has 0 bridgehead atoms. The van der Waals surface area contributed by atoms with E-state index in [1.807, 2.05) is 48.7 Å². The molecule has 4 rings (SSSR count).